The lowest BCUT2D eigenvalue weighted by molar-refractivity contribution is -0.385. The fourth-order valence-corrected chi connectivity index (χ4v) is 1.63. The standard InChI is InChI=1S/C11H11Cl2NO5/c1-18-9-5-7(11(13)15)8(14(16)17)6-10(9)19-4-2-3-12/h5-6H,2-4H2,1H3. The van der Waals surface area contributed by atoms with Crippen molar-refractivity contribution in [2.45, 2.75) is 6.42 Å². The van der Waals surface area contributed by atoms with E-state index in [0.29, 0.717) is 12.3 Å². The van der Waals surface area contributed by atoms with E-state index in [1.807, 2.05) is 0 Å². The number of alkyl halides is 1. The smallest absolute Gasteiger partial charge is 0.285 e. The summed E-state index contributed by atoms with van der Waals surface area (Å²) in [5, 5.41) is 9.95. The average Bonchev–Trinajstić information content (AvgIpc) is 2.38. The van der Waals surface area contributed by atoms with Crippen molar-refractivity contribution in [2.75, 3.05) is 19.6 Å². The number of nitro groups is 1. The molecule has 0 spiro atoms. The highest BCUT2D eigenvalue weighted by molar-refractivity contribution is 6.68. The maximum absolute atomic E-state index is 11.2. The van der Waals surface area contributed by atoms with E-state index in [-0.39, 0.29) is 23.7 Å². The number of benzene rings is 1. The average molecular weight is 308 g/mol. The number of carbonyl (C=O) groups excluding carboxylic acids is 1. The van der Waals surface area contributed by atoms with Crippen LogP contribution in [0.15, 0.2) is 12.1 Å². The van der Waals surface area contributed by atoms with Crippen LogP contribution in [0.5, 0.6) is 11.5 Å². The number of hydrogen-bond donors (Lipinski definition) is 0. The molecule has 0 amide bonds. The summed E-state index contributed by atoms with van der Waals surface area (Å²) in [5.41, 5.74) is -0.671. The number of rotatable bonds is 7. The maximum atomic E-state index is 11.2. The quantitative estimate of drug-likeness (QED) is 0.254. The Hall–Kier alpha value is -1.53. The molecule has 0 radical (unpaired) electrons. The Morgan fingerprint density at radius 3 is 2.58 bits per heavy atom. The van der Waals surface area contributed by atoms with Gasteiger partial charge in [0.15, 0.2) is 11.5 Å². The minimum atomic E-state index is -0.933. The van der Waals surface area contributed by atoms with E-state index >= 15 is 0 Å². The summed E-state index contributed by atoms with van der Waals surface area (Å²) in [7, 11) is 1.36. The highest BCUT2D eigenvalue weighted by Crippen LogP contribution is 2.35. The molecule has 0 aromatic heterocycles. The van der Waals surface area contributed by atoms with Crippen LogP contribution >= 0.6 is 23.2 Å². The molecule has 1 aromatic rings. The first-order valence-corrected chi connectivity index (χ1v) is 6.17. The van der Waals surface area contributed by atoms with E-state index < -0.39 is 15.9 Å². The molecule has 0 bridgehead atoms. The number of halogens is 2. The molecule has 19 heavy (non-hydrogen) atoms. The minimum Gasteiger partial charge on any atom is -0.493 e. The molecular weight excluding hydrogens is 297 g/mol. The van der Waals surface area contributed by atoms with Crippen LogP contribution in [0.2, 0.25) is 0 Å². The summed E-state index contributed by atoms with van der Waals surface area (Å²) in [6.07, 6.45) is 0.578. The summed E-state index contributed by atoms with van der Waals surface area (Å²) in [6, 6.07) is 2.30. The zero-order valence-electron chi connectivity index (χ0n) is 10.0. The fraction of sp³-hybridized carbons (Fsp3) is 0.364. The van der Waals surface area contributed by atoms with Crippen molar-refractivity contribution >= 4 is 34.1 Å². The molecule has 0 aliphatic rings. The second-order valence-corrected chi connectivity index (χ2v) is 4.16. The zero-order chi connectivity index (χ0) is 14.4. The summed E-state index contributed by atoms with van der Waals surface area (Å²) in [5.74, 6) is 0.771. The molecule has 0 atom stereocenters. The van der Waals surface area contributed by atoms with Gasteiger partial charge in [0, 0.05) is 11.9 Å². The van der Waals surface area contributed by atoms with Gasteiger partial charge in [-0.2, -0.15) is 0 Å². The van der Waals surface area contributed by atoms with Gasteiger partial charge < -0.3 is 9.47 Å². The fourth-order valence-electron chi connectivity index (χ4n) is 1.37. The van der Waals surface area contributed by atoms with Gasteiger partial charge in [0.25, 0.3) is 10.9 Å². The van der Waals surface area contributed by atoms with Gasteiger partial charge in [-0.05, 0) is 18.0 Å². The molecule has 0 saturated carbocycles. The summed E-state index contributed by atoms with van der Waals surface area (Å²) < 4.78 is 10.3. The molecule has 1 rings (SSSR count). The number of hydrogen-bond acceptors (Lipinski definition) is 5. The third-order valence-electron chi connectivity index (χ3n) is 2.23. The first-order chi connectivity index (χ1) is 9.01. The first-order valence-electron chi connectivity index (χ1n) is 5.26. The third kappa shape index (κ3) is 3.97. The molecular formula is C11H11Cl2NO5. The molecule has 1 aromatic carbocycles. The van der Waals surface area contributed by atoms with Gasteiger partial charge in [0.1, 0.15) is 5.56 Å². The molecule has 0 fully saturated rings. The van der Waals surface area contributed by atoms with Crippen LogP contribution in [0.1, 0.15) is 16.8 Å². The van der Waals surface area contributed by atoms with Crippen LogP contribution in [-0.2, 0) is 0 Å². The van der Waals surface area contributed by atoms with Crippen LogP contribution in [0.4, 0.5) is 5.69 Å². The molecule has 0 heterocycles. The maximum Gasteiger partial charge on any atom is 0.285 e. The molecule has 6 nitrogen and oxygen atoms in total. The van der Waals surface area contributed by atoms with Crippen molar-refractivity contribution in [3.63, 3.8) is 0 Å². The number of nitro benzene ring substituents is 1. The molecule has 8 heteroatoms. The second-order valence-electron chi connectivity index (χ2n) is 3.44. The van der Waals surface area contributed by atoms with Gasteiger partial charge in [0.2, 0.25) is 0 Å². The first kappa shape index (κ1) is 15.5. The molecule has 0 aliphatic heterocycles. The van der Waals surface area contributed by atoms with Gasteiger partial charge in [-0.1, -0.05) is 0 Å². The predicted molar refractivity (Wildman–Crippen MR) is 70.7 cm³/mol. The monoisotopic (exact) mass is 307 g/mol. The third-order valence-corrected chi connectivity index (χ3v) is 2.70. The molecule has 104 valence electrons. The van der Waals surface area contributed by atoms with E-state index in [2.05, 4.69) is 0 Å². The Kier molecular flexibility index (Phi) is 5.85. The van der Waals surface area contributed by atoms with Gasteiger partial charge in [-0.25, -0.2) is 0 Å². The van der Waals surface area contributed by atoms with Crippen molar-refractivity contribution < 1.29 is 19.2 Å². The highest BCUT2D eigenvalue weighted by atomic mass is 35.5. The molecule has 0 N–H and O–H groups in total. The second kappa shape index (κ2) is 7.16. The van der Waals surface area contributed by atoms with Gasteiger partial charge in [0.05, 0.1) is 24.7 Å². The van der Waals surface area contributed by atoms with E-state index in [1.54, 1.807) is 0 Å². The number of carbonyl (C=O) groups is 1. The van der Waals surface area contributed by atoms with Crippen LogP contribution < -0.4 is 9.47 Å². The largest absolute Gasteiger partial charge is 0.493 e. The van der Waals surface area contributed by atoms with E-state index in [9.17, 15) is 14.9 Å². The SMILES string of the molecule is COc1cc(C(=O)Cl)c([N+](=O)[O-])cc1OCCCCl. The van der Waals surface area contributed by atoms with Crippen molar-refractivity contribution in [2.24, 2.45) is 0 Å². The lowest BCUT2D eigenvalue weighted by atomic mass is 10.1. The molecule has 0 aliphatic carbocycles. The van der Waals surface area contributed by atoms with Crippen LogP contribution in [0, 0.1) is 10.1 Å². The Morgan fingerprint density at radius 1 is 1.42 bits per heavy atom. The van der Waals surface area contributed by atoms with E-state index in [1.165, 1.54) is 13.2 Å². The lowest BCUT2D eigenvalue weighted by Crippen LogP contribution is -2.04. The van der Waals surface area contributed by atoms with Crippen molar-refractivity contribution in [3.05, 3.63) is 27.8 Å². The Balaban J connectivity index is 3.19. The summed E-state index contributed by atoms with van der Waals surface area (Å²) >= 11 is 10.8. The molecule has 0 unspecified atom stereocenters. The highest BCUT2D eigenvalue weighted by Gasteiger charge is 2.23. The Labute approximate surface area is 119 Å². The summed E-state index contributed by atoms with van der Waals surface area (Å²) in [4.78, 5) is 21.3. The van der Waals surface area contributed by atoms with Crippen molar-refractivity contribution in [3.8, 4) is 11.5 Å². The van der Waals surface area contributed by atoms with E-state index in [4.69, 9.17) is 32.7 Å². The van der Waals surface area contributed by atoms with Crippen molar-refractivity contribution in [1.82, 2.24) is 0 Å². The zero-order valence-corrected chi connectivity index (χ0v) is 11.5. The Bertz CT molecular complexity index is 492. The van der Waals surface area contributed by atoms with Crippen LogP contribution in [-0.4, -0.2) is 29.8 Å². The van der Waals surface area contributed by atoms with Gasteiger partial charge >= 0.3 is 0 Å². The minimum absolute atomic E-state index is 0.168. The predicted octanol–water partition coefficient (Wildman–Crippen LogP) is 2.99. The topological polar surface area (TPSA) is 78.7 Å². The van der Waals surface area contributed by atoms with Gasteiger partial charge in [-0.15, -0.1) is 11.6 Å². The van der Waals surface area contributed by atoms with E-state index in [0.717, 1.165) is 6.07 Å². The van der Waals surface area contributed by atoms with Crippen molar-refractivity contribution in [1.29, 1.82) is 0 Å². The Morgan fingerprint density at radius 2 is 2.11 bits per heavy atom. The van der Waals surface area contributed by atoms with Crippen LogP contribution in [0.25, 0.3) is 0 Å². The normalized spacial score (nSPS) is 10.1. The number of nitrogens with zero attached hydrogens (tertiary/aromatic N) is 1. The van der Waals surface area contributed by atoms with Crippen LogP contribution in [0.3, 0.4) is 0 Å². The number of ether oxygens (including phenoxy) is 2. The number of methoxy groups -OCH3 is 1. The lowest BCUT2D eigenvalue weighted by Gasteiger charge is -2.11. The summed E-state index contributed by atoms with van der Waals surface area (Å²) in [6.45, 7) is 0.283. The van der Waals surface area contributed by atoms with Gasteiger partial charge in [-0.3, -0.25) is 14.9 Å². The molecule has 0 saturated heterocycles.